The van der Waals surface area contributed by atoms with E-state index in [0.717, 1.165) is 32.5 Å². The lowest BCUT2D eigenvalue weighted by Gasteiger charge is -2.37. The summed E-state index contributed by atoms with van der Waals surface area (Å²) < 4.78 is 0. The first-order chi connectivity index (χ1) is 6.86. The molecule has 2 saturated heterocycles. The maximum absolute atomic E-state index is 12.0. The van der Waals surface area contributed by atoms with Crippen molar-refractivity contribution in [1.29, 1.82) is 0 Å². The maximum Gasteiger partial charge on any atom is 0.225 e. The van der Waals surface area contributed by atoms with E-state index in [-0.39, 0.29) is 0 Å². The van der Waals surface area contributed by atoms with Gasteiger partial charge < -0.3 is 4.90 Å². The largest absolute Gasteiger partial charge is 0.338 e. The average molecular weight is 193 g/mol. The van der Waals surface area contributed by atoms with Gasteiger partial charge in [0.25, 0.3) is 0 Å². The number of fused-ring (bicyclic) bond motifs is 1. The molecule has 3 nitrogen and oxygen atoms in total. The van der Waals surface area contributed by atoms with Gasteiger partial charge in [0.15, 0.2) is 0 Å². The molecule has 0 bridgehead atoms. The molecular weight excluding hydrogens is 176 g/mol. The van der Waals surface area contributed by atoms with Crippen molar-refractivity contribution in [2.75, 3.05) is 19.6 Å². The lowest BCUT2D eigenvalue weighted by molar-refractivity contribution is -0.136. The summed E-state index contributed by atoms with van der Waals surface area (Å²) in [6.45, 7) is 2.90. The van der Waals surface area contributed by atoms with Gasteiger partial charge in [0.05, 0.1) is 0 Å². The molecule has 3 aliphatic rings. The normalized spacial score (nSPS) is 37.0. The number of carbonyl (C=O) groups is 1. The number of carbonyl (C=O) groups excluding carboxylic acids is 1. The number of nitrogens with zero attached hydrogens (tertiary/aromatic N) is 2. The van der Waals surface area contributed by atoms with Crippen LogP contribution in [0.5, 0.6) is 0 Å². The lowest BCUT2D eigenvalue weighted by atomic mass is 9.92. The zero-order valence-electron chi connectivity index (χ0n) is 8.48. The minimum absolute atomic E-state index is 0.384. The molecule has 77 valence electrons. The third-order valence-electron chi connectivity index (χ3n) is 3.81. The highest BCUT2D eigenvalue weighted by atomic mass is 16.2. The third kappa shape index (κ3) is 1.34. The van der Waals surface area contributed by atoms with E-state index in [0.29, 0.717) is 23.8 Å². The monoisotopic (exact) mass is 193 g/mol. The highest BCUT2D eigenvalue weighted by Crippen LogP contribution is 2.35. The van der Waals surface area contributed by atoms with Gasteiger partial charge >= 0.3 is 0 Å². The Bertz CT molecular complexity index is 250. The van der Waals surface area contributed by atoms with Crippen LogP contribution in [0.3, 0.4) is 0 Å². The third-order valence-corrected chi connectivity index (χ3v) is 3.81. The first kappa shape index (κ1) is 8.72. The Kier molecular flexibility index (Phi) is 2.01. The van der Waals surface area contributed by atoms with Crippen molar-refractivity contribution in [3.05, 3.63) is 0 Å². The zero-order chi connectivity index (χ0) is 9.54. The number of piperidine rings is 1. The number of hydrogen-bond acceptors (Lipinski definition) is 1. The molecule has 3 fully saturated rings. The quantitative estimate of drug-likeness (QED) is 0.601. The van der Waals surface area contributed by atoms with Gasteiger partial charge in [-0.2, -0.15) is 0 Å². The van der Waals surface area contributed by atoms with Crippen LogP contribution in [0.2, 0.25) is 0 Å². The number of rotatable bonds is 1. The van der Waals surface area contributed by atoms with Gasteiger partial charge in [0, 0.05) is 31.6 Å². The standard InChI is InChI=1S/C11H17N2O/c14-11(8-3-4-8)13-5-1-2-9-6-12-7-10(9)13/h8-10H,1-7H2. The van der Waals surface area contributed by atoms with Crippen LogP contribution >= 0.6 is 0 Å². The number of amides is 1. The highest BCUT2D eigenvalue weighted by Gasteiger charge is 2.42. The van der Waals surface area contributed by atoms with E-state index in [2.05, 4.69) is 10.2 Å². The fourth-order valence-corrected chi connectivity index (χ4v) is 2.81. The zero-order valence-corrected chi connectivity index (χ0v) is 8.48. The van der Waals surface area contributed by atoms with E-state index in [1.54, 1.807) is 0 Å². The second-order valence-electron chi connectivity index (χ2n) is 4.86. The van der Waals surface area contributed by atoms with Gasteiger partial charge in [-0.1, -0.05) is 0 Å². The van der Waals surface area contributed by atoms with E-state index >= 15 is 0 Å². The molecule has 3 heteroatoms. The Balaban J connectivity index is 1.73. The van der Waals surface area contributed by atoms with Crippen molar-refractivity contribution in [2.45, 2.75) is 31.7 Å². The van der Waals surface area contributed by atoms with E-state index in [1.807, 2.05) is 0 Å². The van der Waals surface area contributed by atoms with Crippen LogP contribution in [0.15, 0.2) is 0 Å². The van der Waals surface area contributed by atoms with Gasteiger partial charge in [0.1, 0.15) is 0 Å². The molecule has 1 aliphatic carbocycles. The van der Waals surface area contributed by atoms with E-state index in [1.165, 1.54) is 12.8 Å². The molecule has 2 heterocycles. The Morgan fingerprint density at radius 1 is 1.21 bits per heavy atom. The Hall–Kier alpha value is -0.570. The van der Waals surface area contributed by atoms with Crippen molar-refractivity contribution in [3.63, 3.8) is 0 Å². The molecule has 0 spiro atoms. The summed E-state index contributed by atoms with van der Waals surface area (Å²) in [4.78, 5) is 14.1. The molecule has 0 N–H and O–H groups in total. The molecule has 3 rings (SSSR count). The molecule has 1 saturated carbocycles. The highest BCUT2D eigenvalue weighted by molar-refractivity contribution is 5.81. The topological polar surface area (TPSA) is 34.4 Å². The van der Waals surface area contributed by atoms with Crippen LogP contribution in [0.1, 0.15) is 25.7 Å². The van der Waals surface area contributed by atoms with Crippen molar-refractivity contribution in [2.24, 2.45) is 11.8 Å². The summed E-state index contributed by atoms with van der Waals surface area (Å²) in [7, 11) is 0. The van der Waals surface area contributed by atoms with Gasteiger partial charge in [-0.05, 0) is 31.6 Å². The van der Waals surface area contributed by atoms with Crippen LogP contribution in [-0.2, 0) is 4.79 Å². The van der Waals surface area contributed by atoms with Crippen molar-refractivity contribution in [3.8, 4) is 0 Å². The summed E-state index contributed by atoms with van der Waals surface area (Å²) in [5.74, 6) is 1.50. The molecule has 2 aliphatic heterocycles. The minimum atomic E-state index is 0.384. The summed E-state index contributed by atoms with van der Waals surface area (Å²) in [6.07, 6.45) is 4.73. The van der Waals surface area contributed by atoms with E-state index in [4.69, 9.17) is 0 Å². The Morgan fingerprint density at radius 3 is 2.86 bits per heavy atom. The van der Waals surface area contributed by atoms with E-state index < -0.39 is 0 Å². The Labute approximate surface area is 84.8 Å². The summed E-state index contributed by atoms with van der Waals surface area (Å²) in [5.41, 5.74) is 0. The molecule has 0 aromatic heterocycles. The van der Waals surface area contributed by atoms with Gasteiger partial charge in [-0.15, -0.1) is 0 Å². The van der Waals surface area contributed by atoms with Crippen molar-refractivity contribution in [1.82, 2.24) is 10.2 Å². The van der Waals surface area contributed by atoms with Crippen molar-refractivity contribution < 1.29 is 4.79 Å². The average Bonchev–Trinajstić information content (AvgIpc) is 2.94. The predicted octanol–water partition coefficient (Wildman–Crippen LogP) is 0.622. The lowest BCUT2D eigenvalue weighted by Crippen LogP contribution is -2.48. The second-order valence-corrected chi connectivity index (χ2v) is 4.86. The molecule has 1 radical (unpaired) electrons. The van der Waals surface area contributed by atoms with Crippen molar-refractivity contribution >= 4 is 5.91 Å². The molecule has 0 aromatic rings. The van der Waals surface area contributed by atoms with Gasteiger partial charge in [-0.3, -0.25) is 4.79 Å². The van der Waals surface area contributed by atoms with Gasteiger partial charge in [0.2, 0.25) is 5.91 Å². The fourth-order valence-electron chi connectivity index (χ4n) is 2.81. The Morgan fingerprint density at radius 2 is 2.07 bits per heavy atom. The van der Waals surface area contributed by atoms with Crippen LogP contribution in [0.25, 0.3) is 0 Å². The van der Waals surface area contributed by atoms with Crippen LogP contribution < -0.4 is 5.32 Å². The molecule has 14 heavy (non-hydrogen) atoms. The molecule has 2 atom stereocenters. The predicted molar refractivity (Wildman–Crippen MR) is 52.8 cm³/mol. The minimum Gasteiger partial charge on any atom is -0.338 e. The molecule has 0 aromatic carbocycles. The number of hydrogen-bond donors (Lipinski definition) is 0. The molecule has 1 amide bonds. The first-order valence-corrected chi connectivity index (χ1v) is 5.80. The van der Waals surface area contributed by atoms with E-state index in [9.17, 15) is 4.79 Å². The van der Waals surface area contributed by atoms with Crippen LogP contribution in [0, 0.1) is 11.8 Å². The SMILES string of the molecule is O=C(C1CC1)N1CCCC2C[N]CC21. The van der Waals surface area contributed by atoms with Gasteiger partial charge in [-0.25, -0.2) is 5.32 Å². The smallest absolute Gasteiger partial charge is 0.225 e. The summed E-state index contributed by atoms with van der Waals surface area (Å²) in [5, 5.41) is 4.45. The van der Waals surface area contributed by atoms with Crippen LogP contribution in [-0.4, -0.2) is 36.5 Å². The summed E-state index contributed by atoms with van der Waals surface area (Å²) >= 11 is 0. The first-order valence-electron chi connectivity index (χ1n) is 5.80. The molecule has 2 unspecified atom stereocenters. The van der Waals surface area contributed by atoms with Crippen LogP contribution in [0.4, 0.5) is 0 Å². The second kappa shape index (κ2) is 3.23. The summed E-state index contributed by atoms with van der Waals surface area (Å²) in [6, 6.07) is 0.469. The number of likely N-dealkylation sites (tertiary alicyclic amines) is 1. The maximum atomic E-state index is 12.0. The fraction of sp³-hybridized carbons (Fsp3) is 0.909. The molecular formula is C11H17N2O.